The van der Waals surface area contributed by atoms with Crippen molar-refractivity contribution in [2.45, 2.75) is 0 Å². The number of carboxylic acid groups (broad SMARTS) is 1. The van der Waals surface area contributed by atoms with Crippen LogP contribution in [0.5, 0.6) is 0 Å². The second-order valence-corrected chi connectivity index (χ2v) is 4.58. The number of pyridine rings is 1. The predicted molar refractivity (Wildman–Crippen MR) is 58.6 cm³/mol. The van der Waals surface area contributed by atoms with E-state index in [0.717, 1.165) is 6.07 Å². The van der Waals surface area contributed by atoms with Crippen LogP contribution in [0.4, 0.5) is 10.2 Å². The highest BCUT2D eigenvalue weighted by molar-refractivity contribution is 7.84. The summed E-state index contributed by atoms with van der Waals surface area (Å²) in [6.45, 7) is 0.274. The van der Waals surface area contributed by atoms with E-state index in [0.29, 0.717) is 5.75 Å². The van der Waals surface area contributed by atoms with Crippen LogP contribution in [0.2, 0.25) is 0 Å². The summed E-state index contributed by atoms with van der Waals surface area (Å²) in [5.41, 5.74) is -0.435. The Bertz CT molecular complexity index is 425. The van der Waals surface area contributed by atoms with Crippen molar-refractivity contribution in [3.8, 4) is 0 Å². The molecule has 0 aliphatic heterocycles. The molecule has 7 heteroatoms. The average Bonchev–Trinajstić information content (AvgIpc) is 2.19. The van der Waals surface area contributed by atoms with Gasteiger partial charge >= 0.3 is 5.97 Å². The van der Waals surface area contributed by atoms with Gasteiger partial charge in [0.1, 0.15) is 5.56 Å². The first kappa shape index (κ1) is 12.6. The van der Waals surface area contributed by atoms with E-state index in [-0.39, 0.29) is 12.4 Å². The van der Waals surface area contributed by atoms with Crippen LogP contribution >= 0.6 is 0 Å². The summed E-state index contributed by atoms with van der Waals surface area (Å²) < 4.78 is 24.2. The zero-order chi connectivity index (χ0) is 12.1. The Morgan fingerprint density at radius 3 is 2.94 bits per heavy atom. The van der Waals surface area contributed by atoms with E-state index in [1.54, 1.807) is 0 Å². The Balaban J connectivity index is 2.77. The molecule has 2 N–H and O–H groups in total. The van der Waals surface area contributed by atoms with E-state index in [9.17, 15) is 13.4 Å². The van der Waals surface area contributed by atoms with Gasteiger partial charge in [0.15, 0.2) is 11.6 Å². The van der Waals surface area contributed by atoms with Gasteiger partial charge in [-0.05, 0) is 6.07 Å². The van der Waals surface area contributed by atoms with Crippen LogP contribution in [-0.4, -0.2) is 38.8 Å². The number of carbonyl (C=O) groups is 1. The Kier molecular flexibility index (Phi) is 4.36. The highest BCUT2D eigenvalue weighted by Crippen LogP contribution is 2.14. The van der Waals surface area contributed by atoms with Crippen molar-refractivity contribution in [3.63, 3.8) is 0 Å². The molecule has 0 aliphatic carbocycles. The van der Waals surface area contributed by atoms with E-state index >= 15 is 0 Å². The molecule has 16 heavy (non-hydrogen) atoms. The van der Waals surface area contributed by atoms with Gasteiger partial charge in [-0.15, -0.1) is 0 Å². The lowest BCUT2D eigenvalue weighted by Gasteiger charge is -2.06. The number of nitrogens with one attached hydrogen (secondary N) is 1. The fourth-order valence-corrected chi connectivity index (χ4v) is 1.43. The van der Waals surface area contributed by atoms with E-state index < -0.39 is 28.1 Å². The number of halogens is 1. The maximum atomic E-state index is 13.5. The van der Waals surface area contributed by atoms with Gasteiger partial charge in [-0.3, -0.25) is 4.21 Å². The van der Waals surface area contributed by atoms with Crippen molar-refractivity contribution < 1.29 is 18.5 Å². The first-order valence-corrected chi connectivity index (χ1v) is 6.16. The molecule has 0 spiro atoms. The standard InChI is InChI=1S/C9H11FN2O3S/c1-16(15)5-4-12-8-7(10)6(9(13)14)2-3-11-8/h2-3H,4-5H2,1H3,(H,11,12)(H,13,14). The molecule has 0 radical (unpaired) electrons. The van der Waals surface area contributed by atoms with E-state index in [4.69, 9.17) is 5.11 Å². The van der Waals surface area contributed by atoms with Crippen molar-refractivity contribution >= 4 is 22.6 Å². The molecule has 88 valence electrons. The summed E-state index contributed by atoms with van der Waals surface area (Å²) in [7, 11) is -0.989. The van der Waals surface area contributed by atoms with Crippen LogP contribution in [-0.2, 0) is 10.8 Å². The SMILES string of the molecule is CS(=O)CCNc1nccc(C(=O)O)c1F. The number of anilines is 1. The molecule has 1 aromatic rings. The summed E-state index contributed by atoms with van der Waals surface area (Å²) in [6.07, 6.45) is 2.73. The smallest absolute Gasteiger partial charge is 0.338 e. The fraction of sp³-hybridized carbons (Fsp3) is 0.333. The molecule has 1 heterocycles. The minimum atomic E-state index is -1.35. The van der Waals surface area contributed by atoms with Crippen LogP contribution in [0.1, 0.15) is 10.4 Å². The summed E-state index contributed by atoms with van der Waals surface area (Å²) in [4.78, 5) is 14.3. The maximum Gasteiger partial charge on any atom is 0.338 e. The molecule has 0 bridgehead atoms. The lowest BCUT2D eigenvalue weighted by atomic mass is 10.2. The molecule has 0 aromatic carbocycles. The molecule has 0 fully saturated rings. The highest BCUT2D eigenvalue weighted by atomic mass is 32.2. The van der Waals surface area contributed by atoms with Crippen molar-refractivity contribution in [1.82, 2.24) is 4.98 Å². The van der Waals surface area contributed by atoms with Crippen molar-refractivity contribution in [2.75, 3.05) is 23.9 Å². The summed E-state index contributed by atoms with van der Waals surface area (Å²) >= 11 is 0. The summed E-state index contributed by atoms with van der Waals surface area (Å²) in [5.74, 6) is -2.04. The van der Waals surface area contributed by atoms with Gasteiger partial charge in [0.25, 0.3) is 0 Å². The molecule has 1 unspecified atom stereocenters. The van der Waals surface area contributed by atoms with Gasteiger partial charge in [-0.1, -0.05) is 0 Å². The third-order valence-electron chi connectivity index (χ3n) is 1.80. The van der Waals surface area contributed by atoms with Gasteiger partial charge in [-0.25, -0.2) is 14.2 Å². The minimum Gasteiger partial charge on any atom is -0.478 e. The number of nitrogens with zero attached hydrogens (tertiary/aromatic N) is 1. The number of hydrogen-bond donors (Lipinski definition) is 2. The average molecular weight is 246 g/mol. The zero-order valence-electron chi connectivity index (χ0n) is 8.57. The highest BCUT2D eigenvalue weighted by Gasteiger charge is 2.14. The third-order valence-corrected chi connectivity index (χ3v) is 2.58. The third kappa shape index (κ3) is 3.27. The molecule has 0 aliphatic rings. The number of rotatable bonds is 5. The van der Waals surface area contributed by atoms with Gasteiger partial charge in [0.05, 0.1) is 0 Å². The van der Waals surface area contributed by atoms with Crippen LogP contribution in [0.25, 0.3) is 0 Å². The number of carboxylic acids is 1. The molecule has 1 rings (SSSR count). The molecular formula is C9H11FN2O3S. The Hall–Kier alpha value is -1.50. The Labute approximate surface area is 94.2 Å². The second-order valence-electron chi connectivity index (χ2n) is 3.03. The minimum absolute atomic E-state index is 0.134. The Morgan fingerprint density at radius 1 is 1.69 bits per heavy atom. The normalized spacial score (nSPS) is 12.1. The predicted octanol–water partition coefficient (Wildman–Crippen LogP) is 0.709. The monoisotopic (exact) mass is 246 g/mol. The van der Waals surface area contributed by atoms with Crippen LogP contribution < -0.4 is 5.32 Å². The quantitative estimate of drug-likeness (QED) is 0.799. The lowest BCUT2D eigenvalue weighted by molar-refractivity contribution is 0.0692. The van der Waals surface area contributed by atoms with E-state index in [1.165, 1.54) is 12.5 Å². The van der Waals surface area contributed by atoms with Crippen LogP contribution in [0.15, 0.2) is 12.3 Å². The summed E-state index contributed by atoms with van der Waals surface area (Å²) in [5, 5.41) is 11.3. The Morgan fingerprint density at radius 2 is 2.38 bits per heavy atom. The van der Waals surface area contributed by atoms with Crippen molar-refractivity contribution in [2.24, 2.45) is 0 Å². The maximum absolute atomic E-state index is 13.5. The lowest BCUT2D eigenvalue weighted by Crippen LogP contribution is -2.13. The number of hydrogen-bond acceptors (Lipinski definition) is 4. The first-order chi connectivity index (χ1) is 7.52. The molecule has 0 saturated carbocycles. The number of aromatic carboxylic acids is 1. The molecular weight excluding hydrogens is 235 g/mol. The molecule has 5 nitrogen and oxygen atoms in total. The van der Waals surface area contributed by atoms with Crippen molar-refractivity contribution in [1.29, 1.82) is 0 Å². The summed E-state index contributed by atoms with van der Waals surface area (Å²) in [6, 6.07) is 1.08. The fourth-order valence-electron chi connectivity index (χ4n) is 1.05. The van der Waals surface area contributed by atoms with Crippen molar-refractivity contribution in [3.05, 3.63) is 23.6 Å². The topological polar surface area (TPSA) is 79.3 Å². The van der Waals surface area contributed by atoms with Gasteiger partial charge in [0.2, 0.25) is 0 Å². The van der Waals surface area contributed by atoms with Gasteiger partial charge in [0, 0.05) is 35.5 Å². The van der Waals surface area contributed by atoms with Crippen LogP contribution in [0.3, 0.4) is 0 Å². The first-order valence-electron chi connectivity index (χ1n) is 4.44. The largest absolute Gasteiger partial charge is 0.478 e. The van der Waals surface area contributed by atoms with E-state index in [2.05, 4.69) is 10.3 Å². The van der Waals surface area contributed by atoms with Gasteiger partial charge in [-0.2, -0.15) is 0 Å². The second kappa shape index (κ2) is 5.55. The molecule has 0 saturated heterocycles. The number of aromatic nitrogens is 1. The zero-order valence-corrected chi connectivity index (χ0v) is 9.38. The molecule has 1 atom stereocenters. The van der Waals surface area contributed by atoms with Crippen LogP contribution in [0, 0.1) is 5.82 Å². The van der Waals surface area contributed by atoms with E-state index in [1.807, 2.05) is 0 Å². The molecule has 1 aromatic heterocycles. The van der Waals surface area contributed by atoms with Gasteiger partial charge < -0.3 is 10.4 Å². The molecule has 0 amide bonds.